The predicted octanol–water partition coefficient (Wildman–Crippen LogP) is 1.46. The molecule has 0 unspecified atom stereocenters. The van der Waals surface area contributed by atoms with Crippen molar-refractivity contribution >= 4 is 0 Å². The Kier molecular flexibility index (Phi) is 1.57. The SMILES string of the molecule is Cc1cnn(C2CC3(C2)CN(C)C3)c1. The molecule has 2 fully saturated rings. The number of hydrogen-bond acceptors (Lipinski definition) is 2. The van der Waals surface area contributed by atoms with Gasteiger partial charge in [0.25, 0.3) is 0 Å². The lowest BCUT2D eigenvalue weighted by Crippen LogP contribution is -2.60. The molecular formula is C11H17N3. The van der Waals surface area contributed by atoms with E-state index in [1.807, 2.05) is 6.20 Å². The summed E-state index contributed by atoms with van der Waals surface area (Å²) >= 11 is 0. The maximum atomic E-state index is 4.38. The highest BCUT2D eigenvalue weighted by Crippen LogP contribution is 2.53. The van der Waals surface area contributed by atoms with Gasteiger partial charge in [-0.1, -0.05) is 0 Å². The molecule has 0 N–H and O–H groups in total. The van der Waals surface area contributed by atoms with Crippen LogP contribution >= 0.6 is 0 Å². The molecule has 2 heterocycles. The third kappa shape index (κ3) is 1.12. The Labute approximate surface area is 84.7 Å². The van der Waals surface area contributed by atoms with Crippen molar-refractivity contribution in [3.05, 3.63) is 18.0 Å². The number of nitrogens with zero attached hydrogens (tertiary/aromatic N) is 3. The van der Waals surface area contributed by atoms with Crippen LogP contribution < -0.4 is 0 Å². The first kappa shape index (κ1) is 8.48. The third-order valence-corrected chi connectivity index (χ3v) is 3.65. The lowest BCUT2D eigenvalue weighted by atomic mass is 9.61. The molecule has 3 heteroatoms. The molecule has 0 bridgehead atoms. The number of aryl methyl sites for hydroxylation is 1. The van der Waals surface area contributed by atoms with E-state index in [9.17, 15) is 0 Å². The van der Waals surface area contributed by atoms with Crippen molar-refractivity contribution in [1.82, 2.24) is 14.7 Å². The minimum Gasteiger partial charge on any atom is -0.305 e. The molecule has 1 aliphatic heterocycles. The van der Waals surface area contributed by atoms with Crippen LogP contribution in [-0.2, 0) is 0 Å². The van der Waals surface area contributed by atoms with Crippen molar-refractivity contribution in [1.29, 1.82) is 0 Å². The summed E-state index contributed by atoms with van der Waals surface area (Å²) in [5.41, 5.74) is 1.94. The molecule has 1 spiro atoms. The van der Waals surface area contributed by atoms with Crippen molar-refractivity contribution in [2.24, 2.45) is 5.41 Å². The maximum Gasteiger partial charge on any atom is 0.0531 e. The average Bonchev–Trinajstić information content (AvgIpc) is 2.41. The quantitative estimate of drug-likeness (QED) is 0.670. The lowest BCUT2D eigenvalue weighted by molar-refractivity contribution is -0.0786. The van der Waals surface area contributed by atoms with Crippen LogP contribution in [0.15, 0.2) is 12.4 Å². The molecule has 1 aromatic heterocycles. The summed E-state index contributed by atoms with van der Waals surface area (Å²) in [6, 6.07) is 0.678. The Morgan fingerprint density at radius 2 is 2.14 bits per heavy atom. The van der Waals surface area contributed by atoms with E-state index in [-0.39, 0.29) is 0 Å². The van der Waals surface area contributed by atoms with Crippen molar-refractivity contribution in [2.75, 3.05) is 20.1 Å². The largest absolute Gasteiger partial charge is 0.305 e. The van der Waals surface area contributed by atoms with Crippen molar-refractivity contribution in [3.63, 3.8) is 0 Å². The Morgan fingerprint density at radius 1 is 1.43 bits per heavy atom. The molecule has 14 heavy (non-hydrogen) atoms. The van der Waals surface area contributed by atoms with Crippen LogP contribution in [0.3, 0.4) is 0 Å². The Hall–Kier alpha value is -0.830. The number of hydrogen-bond donors (Lipinski definition) is 0. The zero-order valence-corrected chi connectivity index (χ0v) is 8.90. The normalized spacial score (nSPS) is 26.1. The zero-order chi connectivity index (χ0) is 9.76. The van der Waals surface area contributed by atoms with E-state index in [1.165, 1.54) is 31.5 Å². The average molecular weight is 191 g/mol. The smallest absolute Gasteiger partial charge is 0.0531 e. The molecule has 2 aliphatic rings. The van der Waals surface area contributed by atoms with Crippen LogP contribution in [0.25, 0.3) is 0 Å². The number of aromatic nitrogens is 2. The lowest BCUT2D eigenvalue weighted by Gasteiger charge is -2.58. The molecule has 0 amide bonds. The van der Waals surface area contributed by atoms with Gasteiger partial charge in [0, 0.05) is 19.3 Å². The highest BCUT2D eigenvalue weighted by molar-refractivity contribution is 5.08. The van der Waals surface area contributed by atoms with Crippen LogP contribution in [0.2, 0.25) is 0 Å². The summed E-state index contributed by atoms with van der Waals surface area (Å²) in [4.78, 5) is 2.41. The molecule has 1 saturated heterocycles. The van der Waals surface area contributed by atoms with Gasteiger partial charge in [0.15, 0.2) is 0 Å². The van der Waals surface area contributed by atoms with Gasteiger partial charge in [-0.05, 0) is 37.8 Å². The standard InChI is InChI=1S/C11H17N3/c1-9-5-12-14(6-9)10-3-11(4-10)7-13(2)8-11/h5-6,10H,3-4,7-8H2,1-2H3. The fourth-order valence-electron chi connectivity index (χ4n) is 3.12. The van der Waals surface area contributed by atoms with Gasteiger partial charge in [0.05, 0.1) is 12.2 Å². The van der Waals surface area contributed by atoms with E-state index in [0.29, 0.717) is 11.5 Å². The van der Waals surface area contributed by atoms with E-state index in [4.69, 9.17) is 0 Å². The summed E-state index contributed by atoms with van der Waals surface area (Å²) in [6.45, 7) is 4.70. The highest BCUT2D eigenvalue weighted by atomic mass is 15.3. The first-order chi connectivity index (χ1) is 6.67. The van der Waals surface area contributed by atoms with E-state index in [2.05, 4.69) is 34.8 Å². The fourth-order valence-corrected chi connectivity index (χ4v) is 3.12. The van der Waals surface area contributed by atoms with E-state index >= 15 is 0 Å². The van der Waals surface area contributed by atoms with Gasteiger partial charge in [0.1, 0.15) is 0 Å². The van der Waals surface area contributed by atoms with Crippen LogP contribution in [0.5, 0.6) is 0 Å². The number of rotatable bonds is 1. The molecule has 3 nitrogen and oxygen atoms in total. The summed E-state index contributed by atoms with van der Waals surface area (Å²) in [6.07, 6.45) is 6.79. The molecule has 76 valence electrons. The zero-order valence-electron chi connectivity index (χ0n) is 8.90. The van der Waals surface area contributed by atoms with E-state index in [0.717, 1.165) is 0 Å². The maximum absolute atomic E-state index is 4.38. The topological polar surface area (TPSA) is 21.1 Å². The first-order valence-electron chi connectivity index (χ1n) is 5.36. The Balaban J connectivity index is 1.65. The van der Waals surface area contributed by atoms with Gasteiger partial charge >= 0.3 is 0 Å². The summed E-state index contributed by atoms with van der Waals surface area (Å²) in [7, 11) is 2.20. The second-order valence-electron chi connectivity index (χ2n) is 5.23. The Morgan fingerprint density at radius 3 is 2.64 bits per heavy atom. The molecule has 0 aromatic carbocycles. The van der Waals surface area contributed by atoms with E-state index < -0.39 is 0 Å². The number of likely N-dealkylation sites (tertiary alicyclic amines) is 1. The van der Waals surface area contributed by atoms with Crippen LogP contribution in [0, 0.1) is 12.3 Å². The second kappa shape index (κ2) is 2.60. The minimum absolute atomic E-state index is 0.666. The van der Waals surface area contributed by atoms with Crippen LogP contribution in [0.1, 0.15) is 24.4 Å². The van der Waals surface area contributed by atoms with Crippen molar-refractivity contribution < 1.29 is 0 Å². The van der Waals surface area contributed by atoms with Gasteiger partial charge < -0.3 is 4.90 Å². The Bertz CT molecular complexity index is 341. The van der Waals surface area contributed by atoms with Gasteiger partial charge in [0.2, 0.25) is 0 Å². The second-order valence-corrected chi connectivity index (χ2v) is 5.23. The summed E-state index contributed by atoms with van der Waals surface area (Å²) in [5.74, 6) is 0. The fraction of sp³-hybridized carbons (Fsp3) is 0.727. The monoisotopic (exact) mass is 191 g/mol. The van der Waals surface area contributed by atoms with Crippen molar-refractivity contribution in [2.45, 2.75) is 25.8 Å². The van der Waals surface area contributed by atoms with Crippen LogP contribution in [-0.4, -0.2) is 34.8 Å². The van der Waals surface area contributed by atoms with Gasteiger partial charge in [-0.2, -0.15) is 5.10 Å². The molecule has 0 radical (unpaired) electrons. The van der Waals surface area contributed by atoms with Crippen molar-refractivity contribution in [3.8, 4) is 0 Å². The van der Waals surface area contributed by atoms with Gasteiger partial charge in [-0.15, -0.1) is 0 Å². The molecule has 1 aromatic rings. The highest BCUT2D eigenvalue weighted by Gasteiger charge is 2.51. The van der Waals surface area contributed by atoms with Gasteiger partial charge in [-0.3, -0.25) is 4.68 Å². The predicted molar refractivity (Wildman–Crippen MR) is 55.2 cm³/mol. The van der Waals surface area contributed by atoms with E-state index in [1.54, 1.807) is 0 Å². The minimum atomic E-state index is 0.666. The third-order valence-electron chi connectivity index (χ3n) is 3.65. The summed E-state index contributed by atoms with van der Waals surface area (Å²) < 4.78 is 2.15. The molecule has 3 rings (SSSR count). The molecular weight excluding hydrogens is 174 g/mol. The van der Waals surface area contributed by atoms with Crippen LogP contribution in [0.4, 0.5) is 0 Å². The molecule has 1 aliphatic carbocycles. The first-order valence-corrected chi connectivity index (χ1v) is 5.36. The van der Waals surface area contributed by atoms with Gasteiger partial charge in [-0.25, -0.2) is 0 Å². The summed E-state index contributed by atoms with van der Waals surface area (Å²) in [5, 5.41) is 4.38. The molecule has 1 saturated carbocycles. The molecule has 0 atom stereocenters.